The van der Waals surface area contributed by atoms with Crippen LogP contribution < -0.4 is 4.74 Å². The lowest BCUT2D eigenvalue weighted by atomic mass is 10.2. The molecule has 4 heteroatoms. The number of carbonyl (C=O) groups is 1. The number of aliphatic imine (C=N–C) groups is 1. The fourth-order valence-corrected chi connectivity index (χ4v) is 1.97. The molecule has 2 aromatic carbocycles. The van der Waals surface area contributed by atoms with Gasteiger partial charge >= 0.3 is 5.97 Å². The Morgan fingerprint density at radius 1 is 1.05 bits per heavy atom. The Labute approximate surface area is 122 Å². The Morgan fingerprint density at radius 3 is 2.43 bits per heavy atom. The summed E-state index contributed by atoms with van der Waals surface area (Å²) in [4.78, 5) is 16.1. The van der Waals surface area contributed by atoms with Crippen LogP contribution >= 0.6 is 0 Å². The van der Waals surface area contributed by atoms with Crippen molar-refractivity contribution in [3.63, 3.8) is 0 Å². The van der Waals surface area contributed by atoms with Crippen molar-refractivity contribution in [2.45, 2.75) is 0 Å². The molecule has 0 amide bonds. The summed E-state index contributed by atoms with van der Waals surface area (Å²) in [6.45, 7) is 0. The summed E-state index contributed by atoms with van der Waals surface area (Å²) < 4.78 is 10.3. The minimum Gasteiger partial charge on any atom is -0.497 e. The molecule has 0 saturated heterocycles. The minimum absolute atomic E-state index is 0.298. The zero-order chi connectivity index (χ0) is 14.7. The molecule has 1 aliphatic rings. The normalized spacial score (nSPS) is 15.8. The Morgan fingerprint density at radius 2 is 1.76 bits per heavy atom. The lowest BCUT2D eigenvalue weighted by Crippen LogP contribution is -2.05. The highest BCUT2D eigenvalue weighted by atomic mass is 16.6. The van der Waals surface area contributed by atoms with E-state index in [1.165, 1.54) is 0 Å². The van der Waals surface area contributed by atoms with Crippen LogP contribution in [0.1, 0.15) is 11.1 Å². The molecule has 0 atom stereocenters. The number of hydrogen-bond donors (Lipinski definition) is 0. The van der Waals surface area contributed by atoms with Gasteiger partial charge in [0.05, 0.1) is 7.11 Å². The average molecular weight is 279 g/mol. The van der Waals surface area contributed by atoms with Crippen LogP contribution in [-0.2, 0) is 9.53 Å². The largest absolute Gasteiger partial charge is 0.497 e. The summed E-state index contributed by atoms with van der Waals surface area (Å²) in [5.74, 6) is 0.609. The second kappa shape index (κ2) is 5.63. The summed E-state index contributed by atoms with van der Waals surface area (Å²) in [7, 11) is 1.60. The maximum Gasteiger partial charge on any atom is 0.363 e. The quantitative estimate of drug-likeness (QED) is 0.641. The molecule has 2 aromatic rings. The van der Waals surface area contributed by atoms with Gasteiger partial charge in [-0.1, -0.05) is 30.3 Å². The molecule has 21 heavy (non-hydrogen) atoms. The molecule has 4 nitrogen and oxygen atoms in total. The van der Waals surface area contributed by atoms with Crippen LogP contribution in [-0.4, -0.2) is 19.0 Å². The van der Waals surface area contributed by atoms with Gasteiger partial charge in [0.25, 0.3) is 0 Å². The molecule has 0 fully saturated rings. The molecule has 3 rings (SSSR count). The van der Waals surface area contributed by atoms with E-state index < -0.39 is 5.97 Å². The number of nitrogens with zero attached hydrogens (tertiary/aromatic N) is 1. The molecule has 0 aliphatic carbocycles. The van der Waals surface area contributed by atoms with E-state index in [2.05, 4.69) is 4.99 Å². The first-order valence-corrected chi connectivity index (χ1v) is 6.48. The molecule has 0 saturated carbocycles. The molecule has 104 valence electrons. The molecule has 0 spiro atoms. The van der Waals surface area contributed by atoms with Crippen molar-refractivity contribution in [2.24, 2.45) is 4.99 Å². The number of hydrogen-bond acceptors (Lipinski definition) is 4. The molecule has 0 unspecified atom stereocenters. The summed E-state index contributed by atoms with van der Waals surface area (Å²) in [6.07, 6.45) is 1.71. The zero-order valence-corrected chi connectivity index (χ0v) is 11.4. The third-order valence-corrected chi connectivity index (χ3v) is 3.06. The Kier molecular flexibility index (Phi) is 3.51. The molecule has 0 N–H and O–H groups in total. The minimum atomic E-state index is -0.440. The number of methoxy groups -OCH3 is 1. The number of benzene rings is 2. The Bertz CT molecular complexity index is 715. The van der Waals surface area contributed by atoms with Crippen molar-refractivity contribution in [2.75, 3.05) is 7.11 Å². The van der Waals surface area contributed by atoms with Crippen molar-refractivity contribution in [1.29, 1.82) is 0 Å². The van der Waals surface area contributed by atoms with Crippen LogP contribution in [0.25, 0.3) is 6.08 Å². The van der Waals surface area contributed by atoms with E-state index in [1.807, 2.05) is 30.3 Å². The van der Waals surface area contributed by atoms with Crippen LogP contribution in [0.4, 0.5) is 0 Å². The SMILES string of the molecule is COc1ccc(C2=N/C(=C\c3ccccc3)C(=O)O2)cc1. The Hall–Kier alpha value is -2.88. The molecule has 1 aliphatic heterocycles. The van der Waals surface area contributed by atoms with Gasteiger partial charge in [-0.15, -0.1) is 0 Å². The summed E-state index contributed by atoms with van der Waals surface area (Å²) >= 11 is 0. The molecule has 0 aromatic heterocycles. The van der Waals surface area contributed by atoms with Crippen molar-refractivity contribution in [3.8, 4) is 5.75 Å². The van der Waals surface area contributed by atoms with Crippen LogP contribution in [0, 0.1) is 0 Å². The topological polar surface area (TPSA) is 47.9 Å². The van der Waals surface area contributed by atoms with Gasteiger partial charge in [-0.05, 0) is 35.9 Å². The summed E-state index contributed by atoms with van der Waals surface area (Å²) in [5, 5.41) is 0. The smallest absolute Gasteiger partial charge is 0.363 e. The standard InChI is InChI=1S/C17H13NO3/c1-20-14-9-7-13(8-10-14)16-18-15(17(19)21-16)11-12-5-3-2-4-6-12/h2-11H,1H3/b15-11-. The lowest BCUT2D eigenvalue weighted by Gasteiger charge is -2.01. The summed E-state index contributed by atoms with van der Waals surface area (Å²) in [5.41, 5.74) is 1.94. The second-order valence-electron chi connectivity index (χ2n) is 4.48. The maximum atomic E-state index is 11.9. The average Bonchev–Trinajstić information content (AvgIpc) is 2.89. The van der Waals surface area contributed by atoms with Gasteiger partial charge in [-0.2, -0.15) is 0 Å². The van der Waals surface area contributed by atoms with Gasteiger partial charge in [-0.25, -0.2) is 9.79 Å². The van der Waals surface area contributed by atoms with Crippen LogP contribution in [0.15, 0.2) is 65.3 Å². The van der Waals surface area contributed by atoms with Crippen LogP contribution in [0.5, 0.6) is 5.75 Å². The predicted octanol–water partition coefficient (Wildman–Crippen LogP) is 3.04. The molecule has 1 heterocycles. The van der Waals surface area contributed by atoms with Gasteiger partial charge in [0, 0.05) is 5.56 Å². The highest BCUT2D eigenvalue weighted by Gasteiger charge is 2.23. The van der Waals surface area contributed by atoms with E-state index >= 15 is 0 Å². The first kappa shape index (κ1) is 13.1. The van der Waals surface area contributed by atoms with Crippen molar-refractivity contribution < 1.29 is 14.3 Å². The zero-order valence-electron chi connectivity index (χ0n) is 11.4. The fraction of sp³-hybridized carbons (Fsp3) is 0.0588. The van der Waals surface area contributed by atoms with E-state index in [1.54, 1.807) is 37.5 Å². The first-order chi connectivity index (χ1) is 10.3. The number of carbonyl (C=O) groups excluding carboxylic acids is 1. The second-order valence-corrected chi connectivity index (χ2v) is 4.48. The van der Waals surface area contributed by atoms with Gasteiger partial charge < -0.3 is 9.47 Å². The highest BCUT2D eigenvalue weighted by Crippen LogP contribution is 2.20. The van der Waals surface area contributed by atoms with Gasteiger partial charge in [0.2, 0.25) is 5.90 Å². The monoisotopic (exact) mass is 279 g/mol. The maximum absolute atomic E-state index is 11.9. The van der Waals surface area contributed by atoms with E-state index in [-0.39, 0.29) is 0 Å². The van der Waals surface area contributed by atoms with Crippen LogP contribution in [0.3, 0.4) is 0 Å². The van der Waals surface area contributed by atoms with Crippen LogP contribution in [0.2, 0.25) is 0 Å². The molecule has 0 radical (unpaired) electrons. The van der Waals surface area contributed by atoms with E-state index in [0.29, 0.717) is 11.6 Å². The van der Waals surface area contributed by atoms with Crippen molar-refractivity contribution in [3.05, 3.63) is 71.4 Å². The third kappa shape index (κ3) is 2.84. The number of ether oxygens (including phenoxy) is 2. The predicted molar refractivity (Wildman–Crippen MR) is 80.0 cm³/mol. The number of esters is 1. The van der Waals surface area contributed by atoms with E-state index in [4.69, 9.17) is 9.47 Å². The van der Waals surface area contributed by atoms with E-state index in [9.17, 15) is 4.79 Å². The number of cyclic esters (lactones) is 1. The fourth-order valence-electron chi connectivity index (χ4n) is 1.97. The molecular formula is C17H13NO3. The van der Waals surface area contributed by atoms with Crippen molar-refractivity contribution >= 4 is 17.9 Å². The summed E-state index contributed by atoms with van der Waals surface area (Å²) in [6, 6.07) is 16.7. The number of rotatable bonds is 3. The van der Waals surface area contributed by atoms with Crippen molar-refractivity contribution in [1.82, 2.24) is 0 Å². The van der Waals surface area contributed by atoms with E-state index in [0.717, 1.165) is 16.9 Å². The Balaban J connectivity index is 1.89. The van der Waals surface area contributed by atoms with Gasteiger partial charge in [0.15, 0.2) is 5.70 Å². The first-order valence-electron chi connectivity index (χ1n) is 6.48. The molecular weight excluding hydrogens is 266 g/mol. The molecule has 0 bridgehead atoms. The van der Waals surface area contributed by atoms with Gasteiger partial charge in [0.1, 0.15) is 5.75 Å². The lowest BCUT2D eigenvalue weighted by molar-refractivity contribution is -0.129. The third-order valence-electron chi connectivity index (χ3n) is 3.06. The van der Waals surface area contributed by atoms with Gasteiger partial charge in [-0.3, -0.25) is 0 Å². The highest BCUT2D eigenvalue weighted by molar-refractivity contribution is 6.12.